The Labute approximate surface area is 116 Å². The molecular formula is C15H27N3O. The van der Waals surface area contributed by atoms with Gasteiger partial charge in [0.05, 0.1) is 5.69 Å². The van der Waals surface area contributed by atoms with Gasteiger partial charge in [0.2, 0.25) is 5.95 Å². The van der Waals surface area contributed by atoms with Crippen LogP contribution in [0.15, 0.2) is 6.20 Å². The van der Waals surface area contributed by atoms with Crippen LogP contribution in [-0.2, 0) is 4.74 Å². The predicted molar refractivity (Wildman–Crippen MR) is 78.7 cm³/mol. The maximum absolute atomic E-state index is 5.07. The Balaban J connectivity index is 1.88. The number of nitrogens with zero attached hydrogens (tertiary/aromatic N) is 2. The van der Waals surface area contributed by atoms with E-state index in [-0.39, 0.29) is 0 Å². The highest BCUT2D eigenvalue weighted by Gasteiger charge is 2.18. The van der Waals surface area contributed by atoms with E-state index in [1.54, 1.807) is 7.11 Å². The minimum absolute atomic E-state index is 0.649. The summed E-state index contributed by atoms with van der Waals surface area (Å²) >= 11 is 0. The van der Waals surface area contributed by atoms with Crippen LogP contribution in [0.25, 0.3) is 0 Å². The van der Waals surface area contributed by atoms with Crippen molar-refractivity contribution in [2.24, 2.45) is 0 Å². The summed E-state index contributed by atoms with van der Waals surface area (Å²) in [5.41, 5.74) is 1.12. The second-order valence-corrected chi connectivity index (χ2v) is 5.53. The van der Waals surface area contributed by atoms with Crippen molar-refractivity contribution in [3.05, 3.63) is 11.9 Å². The van der Waals surface area contributed by atoms with Gasteiger partial charge in [0.25, 0.3) is 0 Å². The molecule has 1 saturated carbocycles. The fourth-order valence-electron chi connectivity index (χ4n) is 2.86. The first-order chi connectivity index (χ1) is 9.31. The predicted octanol–water partition coefficient (Wildman–Crippen LogP) is 3.54. The normalized spacial score (nSPS) is 16.7. The average molecular weight is 265 g/mol. The molecule has 0 bridgehead atoms. The Hall–Kier alpha value is -1.03. The van der Waals surface area contributed by atoms with Crippen LogP contribution in [0.1, 0.15) is 56.7 Å². The lowest BCUT2D eigenvalue weighted by molar-refractivity contribution is 0.193. The first-order valence-corrected chi connectivity index (χ1v) is 7.59. The monoisotopic (exact) mass is 265 g/mol. The Morgan fingerprint density at radius 2 is 2.11 bits per heavy atom. The zero-order valence-corrected chi connectivity index (χ0v) is 12.3. The number of imidazole rings is 1. The lowest BCUT2D eigenvalue weighted by Gasteiger charge is -2.24. The van der Waals surface area contributed by atoms with Gasteiger partial charge in [-0.15, -0.1) is 0 Å². The maximum Gasteiger partial charge on any atom is 0.203 e. The minimum atomic E-state index is 0.649. The molecule has 1 heterocycles. The lowest BCUT2D eigenvalue weighted by atomic mass is 9.95. The molecular weight excluding hydrogens is 238 g/mol. The number of aromatic nitrogens is 2. The molecule has 2 rings (SSSR count). The van der Waals surface area contributed by atoms with Crippen LogP contribution in [0.4, 0.5) is 5.95 Å². The van der Waals surface area contributed by atoms with Crippen LogP contribution in [0.3, 0.4) is 0 Å². The van der Waals surface area contributed by atoms with Crippen LogP contribution in [0.2, 0.25) is 0 Å². The number of unbranched alkanes of at least 4 members (excludes halogenated alkanes) is 1. The number of nitrogens with one attached hydrogen (secondary N) is 1. The first kappa shape index (κ1) is 14.4. The van der Waals surface area contributed by atoms with Gasteiger partial charge < -0.3 is 14.6 Å². The van der Waals surface area contributed by atoms with Crippen molar-refractivity contribution in [2.45, 2.75) is 57.9 Å². The second kappa shape index (κ2) is 7.53. The molecule has 1 aromatic heterocycles. The Kier molecular flexibility index (Phi) is 5.70. The summed E-state index contributed by atoms with van der Waals surface area (Å²) in [5.74, 6) is 1.06. The van der Waals surface area contributed by atoms with Crippen LogP contribution >= 0.6 is 0 Å². The zero-order valence-electron chi connectivity index (χ0n) is 12.3. The fourth-order valence-corrected chi connectivity index (χ4v) is 2.86. The summed E-state index contributed by atoms with van der Waals surface area (Å²) in [6, 6.07) is 0.649. The number of anilines is 1. The number of rotatable bonds is 7. The molecule has 1 aliphatic rings. The summed E-state index contributed by atoms with van der Waals surface area (Å²) in [5, 5.41) is 3.49. The molecule has 0 saturated heterocycles. The topological polar surface area (TPSA) is 39.1 Å². The van der Waals surface area contributed by atoms with Crippen molar-refractivity contribution in [1.29, 1.82) is 0 Å². The van der Waals surface area contributed by atoms with Gasteiger partial charge in [0, 0.05) is 32.5 Å². The molecule has 0 aliphatic heterocycles. The van der Waals surface area contributed by atoms with Crippen LogP contribution in [-0.4, -0.2) is 29.8 Å². The second-order valence-electron chi connectivity index (χ2n) is 5.53. The van der Waals surface area contributed by atoms with Gasteiger partial charge in [-0.3, -0.25) is 0 Å². The molecule has 108 valence electrons. The molecule has 1 fully saturated rings. The van der Waals surface area contributed by atoms with E-state index in [2.05, 4.69) is 28.0 Å². The highest BCUT2D eigenvalue weighted by atomic mass is 16.5. The SMILES string of the molecule is COCCCCNc1nc(C)cn1C1CCCCC1. The highest BCUT2D eigenvalue weighted by Crippen LogP contribution is 2.30. The standard InChI is InChI=1S/C15H27N3O/c1-13-12-18(14-8-4-3-5-9-14)15(17-13)16-10-6-7-11-19-2/h12,14H,3-11H2,1-2H3,(H,16,17). The first-order valence-electron chi connectivity index (χ1n) is 7.59. The van der Waals surface area contributed by atoms with Crippen molar-refractivity contribution in [3.63, 3.8) is 0 Å². The van der Waals surface area contributed by atoms with E-state index in [0.717, 1.165) is 37.6 Å². The van der Waals surface area contributed by atoms with Gasteiger partial charge in [0.15, 0.2) is 0 Å². The van der Waals surface area contributed by atoms with Crippen molar-refractivity contribution in [1.82, 2.24) is 9.55 Å². The van der Waals surface area contributed by atoms with Crippen molar-refractivity contribution in [2.75, 3.05) is 25.6 Å². The number of ether oxygens (including phenoxy) is 1. The molecule has 19 heavy (non-hydrogen) atoms. The fraction of sp³-hybridized carbons (Fsp3) is 0.800. The minimum Gasteiger partial charge on any atom is -0.385 e. The molecule has 0 aromatic carbocycles. The largest absolute Gasteiger partial charge is 0.385 e. The number of hydrogen-bond acceptors (Lipinski definition) is 3. The van der Waals surface area contributed by atoms with Gasteiger partial charge in [-0.1, -0.05) is 19.3 Å². The number of methoxy groups -OCH3 is 1. The summed E-state index contributed by atoms with van der Waals surface area (Å²) in [6.45, 7) is 3.90. The van der Waals surface area contributed by atoms with E-state index in [1.165, 1.54) is 32.1 Å². The van der Waals surface area contributed by atoms with Gasteiger partial charge in [-0.05, 0) is 32.6 Å². The molecule has 0 unspecified atom stereocenters. The smallest absolute Gasteiger partial charge is 0.203 e. The zero-order chi connectivity index (χ0) is 13.5. The van der Waals surface area contributed by atoms with E-state index in [9.17, 15) is 0 Å². The third-order valence-electron chi connectivity index (χ3n) is 3.88. The molecule has 0 atom stereocenters. The van der Waals surface area contributed by atoms with Crippen molar-refractivity contribution >= 4 is 5.95 Å². The van der Waals surface area contributed by atoms with Gasteiger partial charge in [-0.2, -0.15) is 0 Å². The van der Waals surface area contributed by atoms with Crippen molar-refractivity contribution < 1.29 is 4.74 Å². The van der Waals surface area contributed by atoms with Crippen LogP contribution in [0, 0.1) is 6.92 Å². The summed E-state index contributed by atoms with van der Waals surface area (Å²) in [4.78, 5) is 4.62. The summed E-state index contributed by atoms with van der Waals surface area (Å²) in [7, 11) is 1.76. The molecule has 1 aromatic rings. The molecule has 0 radical (unpaired) electrons. The molecule has 0 spiro atoms. The molecule has 4 heteroatoms. The Bertz CT molecular complexity index is 369. The van der Waals surface area contributed by atoms with E-state index >= 15 is 0 Å². The number of hydrogen-bond donors (Lipinski definition) is 1. The van der Waals surface area contributed by atoms with Gasteiger partial charge >= 0.3 is 0 Å². The van der Waals surface area contributed by atoms with Crippen LogP contribution < -0.4 is 5.32 Å². The lowest BCUT2D eigenvalue weighted by Crippen LogP contribution is -2.16. The average Bonchev–Trinajstić information content (AvgIpc) is 2.81. The van der Waals surface area contributed by atoms with E-state index < -0.39 is 0 Å². The highest BCUT2D eigenvalue weighted by molar-refractivity contribution is 5.29. The maximum atomic E-state index is 5.07. The third kappa shape index (κ3) is 4.23. The summed E-state index contributed by atoms with van der Waals surface area (Å²) < 4.78 is 7.43. The number of aryl methyl sites for hydroxylation is 1. The quantitative estimate of drug-likeness (QED) is 0.766. The van der Waals surface area contributed by atoms with Gasteiger partial charge in [-0.25, -0.2) is 4.98 Å². The van der Waals surface area contributed by atoms with Crippen molar-refractivity contribution in [3.8, 4) is 0 Å². The Morgan fingerprint density at radius 1 is 1.32 bits per heavy atom. The van der Waals surface area contributed by atoms with E-state index in [4.69, 9.17) is 4.74 Å². The van der Waals surface area contributed by atoms with Crippen LogP contribution in [0.5, 0.6) is 0 Å². The molecule has 0 amide bonds. The van der Waals surface area contributed by atoms with E-state index in [1.807, 2.05) is 0 Å². The van der Waals surface area contributed by atoms with Gasteiger partial charge in [0.1, 0.15) is 0 Å². The van der Waals surface area contributed by atoms with E-state index in [0.29, 0.717) is 6.04 Å². The summed E-state index contributed by atoms with van der Waals surface area (Å²) in [6.07, 6.45) is 11.1. The molecule has 1 N–H and O–H groups in total. The molecule has 1 aliphatic carbocycles. The Morgan fingerprint density at radius 3 is 2.84 bits per heavy atom. The third-order valence-corrected chi connectivity index (χ3v) is 3.88. The molecule has 4 nitrogen and oxygen atoms in total.